The van der Waals surface area contributed by atoms with E-state index in [1.165, 1.54) is 22.8 Å². The molecule has 0 unspecified atom stereocenters. The summed E-state index contributed by atoms with van der Waals surface area (Å²) < 4.78 is 1.19. The Morgan fingerprint density at radius 1 is 1.43 bits per heavy atom. The fourth-order valence-corrected chi connectivity index (χ4v) is 2.30. The summed E-state index contributed by atoms with van der Waals surface area (Å²) >= 11 is 2.29. The molecule has 0 atom stereocenters. The van der Waals surface area contributed by atoms with Gasteiger partial charge in [0.1, 0.15) is 11.5 Å². The molecule has 1 saturated carbocycles. The van der Waals surface area contributed by atoms with Gasteiger partial charge in [0, 0.05) is 21.9 Å². The first-order chi connectivity index (χ1) is 6.84. The van der Waals surface area contributed by atoms with Crippen LogP contribution in [0.3, 0.4) is 0 Å². The van der Waals surface area contributed by atoms with Crippen molar-refractivity contribution >= 4 is 33.6 Å². The van der Waals surface area contributed by atoms with Crippen molar-refractivity contribution in [3.63, 3.8) is 0 Å². The van der Waals surface area contributed by atoms with Crippen LogP contribution in [0.1, 0.15) is 31.0 Å². The van der Waals surface area contributed by atoms with Crippen LogP contribution in [0.5, 0.6) is 0 Å². The Balaban J connectivity index is 2.10. The molecular formula is C10H10IN3. The first-order valence-electron chi connectivity index (χ1n) is 4.84. The maximum absolute atomic E-state index is 4.55. The molecule has 0 aliphatic heterocycles. The SMILES string of the molecule is Ic1c[nH]c2nc(C3CCC3)ncc12. The van der Waals surface area contributed by atoms with Gasteiger partial charge in [-0.15, -0.1) is 0 Å². The maximum Gasteiger partial charge on any atom is 0.142 e. The van der Waals surface area contributed by atoms with Crippen molar-refractivity contribution in [3.8, 4) is 0 Å². The number of H-pyrrole nitrogens is 1. The summed E-state index contributed by atoms with van der Waals surface area (Å²) in [5, 5.41) is 1.13. The van der Waals surface area contributed by atoms with Crippen LogP contribution in [0.4, 0.5) is 0 Å². The number of fused-ring (bicyclic) bond motifs is 1. The van der Waals surface area contributed by atoms with E-state index in [2.05, 4.69) is 37.5 Å². The van der Waals surface area contributed by atoms with Crippen LogP contribution < -0.4 is 0 Å². The molecule has 2 aromatic heterocycles. The predicted molar refractivity (Wildman–Crippen MR) is 63.2 cm³/mol. The number of nitrogens with one attached hydrogen (secondary N) is 1. The van der Waals surface area contributed by atoms with Crippen LogP contribution in [0.2, 0.25) is 0 Å². The Bertz CT molecular complexity index is 473. The van der Waals surface area contributed by atoms with Gasteiger partial charge in [-0.3, -0.25) is 0 Å². The normalized spacial score (nSPS) is 17.2. The number of aromatic amines is 1. The van der Waals surface area contributed by atoms with Gasteiger partial charge in [-0.1, -0.05) is 6.42 Å². The zero-order valence-electron chi connectivity index (χ0n) is 7.63. The van der Waals surface area contributed by atoms with Gasteiger partial charge in [-0.05, 0) is 35.4 Å². The van der Waals surface area contributed by atoms with Gasteiger partial charge < -0.3 is 4.98 Å². The van der Waals surface area contributed by atoms with Gasteiger partial charge in [0.2, 0.25) is 0 Å². The summed E-state index contributed by atoms with van der Waals surface area (Å²) in [6, 6.07) is 0. The summed E-state index contributed by atoms with van der Waals surface area (Å²) in [5.41, 5.74) is 0.978. The molecule has 1 N–H and O–H groups in total. The Labute approximate surface area is 95.5 Å². The zero-order valence-corrected chi connectivity index (χ0v) is 9.78. The molecule has 2 heterocycles. The van der Waals surface area contributed by atoms with Crippen molar-refractivity contribution in [1.82, 2.24) is 15.0 Å². The van der Waals surface area contributed by atoms with Gasteiger partial charge >= 0.3 is 0 Å². The van der Waals surface area contributed by atoms with Crippen molar-refractivity contribution in [1.29, 1.82) is 0 Å². The standard InChI is InChI=1S/C10H10IN3/c11-8-5-13-10-7(8)4-12-9(14-10)6-2-1-3-6/h4-6H,1-3H2,(H,12,13,14). The van der Waals surface area contributed by atoms with Crippen LogP contribution >= 0.6 is 22.6 Å². The minimum Gasteiger partial charge on any atom is -0.345 e. The number of nitrogens with zero attached hydrogens (tertiary/aromatic N) is 2. The molecule has 1 fully saturated rings. The fraction of sp³-hybridized carbons (Fsp3) is 0.400. The third-order valence-corrected chi connectivity index (χ3v) is 3.76. The number of hydrogen-bond donors (Lipinski definition) is 1. The fourth-order valence-electron chi connectivity index (χ4n) is 1.75. The molecule has 0 aromatic carbocycles. The Kier molecular flexibility index (Phi) is 1.97. The van der Waals surface area contributed by atoms with Gasteiger partial charge in [-0.2, -0.15) is 0 Å². The third kappa shape index (κ3) is 1.24. The minimum atomic E-state index is 0.611. The lowest BCUT2D eigenvalue weighted by Gasteiger charge is -2.23. The first kappa shape index (κ1) is 8.64. The van der Waals surface area contributed by atoms with Crippen LogP contribution in [-0.4, -0.2) is 15.0 Å². The van der Waals surface area contributed by atoms with Gasteiger partial charge in [-0.25, -0.2) is 9.97 Å². The largest absolute Gasteiger partial charge is 0.345 e. The lowest BCUT2D eigenvalue weighted by molar-refractivity contribution is 0.402. The molecule has 3 rings (SSSR count). The van der Waals surface area contributed by atoms with E-state index in [9.17, 15) is 0 Å². The molecule has 0 radical (unpaired) electrons. The molecule has 0 amide bonds. The molecule has 14 heavy (non-hydrogen) atoms. The van der Waals surface area contributed by atoms with E-state index in [4.69, 9.17) is 0 Å². The van der Waals surface area contributed by atoms with Crippen molar-refractivity contribution in [2.24, 2.45) is 0 Å². The summed E-state index contributed by atoms with van der Waals surface area (Å²) in [6.45, 7) is 0. The highest BCUT2D eigenvalue weighted by atomic mass is 127. The highest BCUT2D eigenvalue weighted by Gasteiger charge is 2.22. The monoisotopic (exact) mass is 299 g/mol. The average Bonchev–Trinajstić information content (AvgIpc) is 2.45. The maximum atomic E-state index is 4.55. The number of halogens is 1. The van der Waals surface area contributed by atoms with E-state index in [0.717, 1.165) is 16.9 Å². The number of hydrogen-bond acceptors (Lipinski definition) is 2. The van der Waals surface area contributed by atoms with Gasteiger partial charge in [0.05, 0.1) is 5.39 Å². The van der Waals surface area contributed by atoms with E-state index in [1.807, 2.05) is 12.4 Å². The quantitative estimate of drug-likeness (QED) is 0.823. The van der Waals surface area contributed by atoms with E-state index in [-0.39, 0.29) is 0 Å². The summed E-state index contributed by atoms with van der Waals surface area (Å²) in [6.07, 6.45) is 7.75. The molecule has 2 aromatic rings. The summed E-state index contributed by atoms with van der Waals surface area (Å²) in [4.78, 5) is 12.1. The smallest absolute Gasteiger partial charge is 0.142 e. The number of rotatable bonds is 1. The minimum absolute atomic E-state index is 0.611. The van der Waals surface area contributed by atoms with E-state index in [0.29, 0.717) is 5.92 Å². The van der Waals surface area contributed by atoms with Crippen molar-refractivity contribution in [2.75, 3.05) is 0 Å². The summed E-state index contributed by atoms with van der Waals surface area (Å²) in [5.74, 6) is 1.63. The van der Waals surface area contributed by atoms with E-state index in [1.54, 1.807) is 0 Å². The predicted octanol–water partition coefficient (Wildman–Crippen LogP) is 2.83. The number of aromatic nitrogens is 3. The average molecular weight is 299 g/mol. The lowest BCUT2D eigenvalue weighted by Crippen LogP contribution is -2.12. The second-order valence-electron chi connectivity index (χ2n) is 3.75. The molecule has 72 valence electrons. The highest BCUT2D eigenvalue weighted by molar-refractivity contribution is 14.1. The molecule has 0 spiro atoms. The van der Waals surface area contributed by atoms with Crippen molar-refractivity contribution in [3.05, 3.63) is 21.8 Å². The second kappa shape index (κ2) is 3.18. The summed E-state index contributed by atoms with van der Waals surface area (Å²) in [7, 11) is 0. The Morgan fingerprint density at radius 3 is 3.00 bits per heavy atom. The molecule has 4 heteroatoms. The topological polar surface area (TPSA) is 41.6 Å². The van der Waals surface area contributed by atoms with Crippen molar-refractivity contribution < 1.29 is 0 Å². The van der Waals surface area contributed by atoms with Crippen LogP contribution in [-0.2, 0) is 0 Å². The Hall–Kier alpha value is -0.650. The second-order valence-corrected chi connectivity index (χ2v) is 4.92. The zero-order chi connectivity index (χ0) is 9.54. The van der Waals surface area contributed by atoms with Crippen LogP contribution in [0, 0.1) is 3.57 Å². The molecule has 0 saturated heterocycles. The van der Waals surface area contributed by atoms with Crippen molar-refractivity contribution in [2.45, 2.75) is 25.2 Å². The molecule has 3 nitrogen and oxygen atoms in total. The van der Waals surface area contributed by atoms with Crippen LogP contribution in [0.25, 0.3) is 11.0 Å². The molecule has 1 aliphatic rings. The third-order valence-electron chi connectivity index (χ3n) is 2.87. The lowest BCUT2D eigenvalue weighted by atomic mass is 9.85. The molecular weight excluding hydrogens is 289 g/mol. The Morgan fingerprint density at radius 2 is 2.29 bits per heavy atom. The molecule has 1 aliphatic carbocycles. The highest BCUT2D eigenvalue weighted by Crippen LogP contribution is 2.34. The molecule has 0 bridgehead atoms. The van der Waals surface area contributed by atoms with Crippen LogP contribution in [0.15, 0.2) is 12.4 Å². The van der Waals surface area contributed by atoms with E-state index < -0.39 is 0 Å². The van der Waals surface area contributed by atoms with Gasteiger partial charge in [0.25, 0.3) is 0 Å². The van der Waals surface area contributed by atoms with Gasteiger partial charge in [0.15, 0.2) is 0 Å². The van der Waals surface area contributed by atoms with E-state index >= 15 is 0 Å². The first-order valence-corrected chi connectivity index (χ1v) is 5.92.